The number of alkyl halides is 1. The van der Waals surface area contributed by atoms with Gasteiger partial charge in [0.05, 0.1) is 4.47 Å². The van der Waals surface area contributed by atoms with Gasteiger partial charge in [-0.1, -0.05) is 28.1 Å². The minimum Gasteiger partial charge on any atom is -0.488 e. The third kappa shape index (κ3) is 1.91. The van der Waals surface area contributed by atoms with Gasteiger partial charge in [0.1, 0.15) is 11.9 Å². The maximum absolute atomic E-state index is 5.82. The highest BCUT2D eigenvalue weighted by atomic mass is 79.9. The molecule has 0 radical (unpaired) electrons. The van der Waals surface area contributed by atoms with Crippen LogP contribution in [-0.2, 0) is 6.42 Å². The van der Waals surface area contributed by atoms with Gasteiger partial charge in [0.15, 0.2) is 0 Å². The molecule has 0 aliphatic carbocycles. The Labute approximate surface area is 94.7 Å². The van der Waals surface area contributed by atoms with Crippen LogP contribution in [0, 0.1) is 0 Å². The van der Waals surface area contributed by atoms with Gasteiger partial charge in [0.2, 0.25) is 0 Å². The second-order valence-corrected chi connectivity index (χ2v) is 4.66. The average molecular weight is 306 g/mol. The minimum atomic E-state index is 0.325. The molecular weight excluding hydrogens is 296 g/mol. The molecule has 1 unspecified atom stereocenters. The first-order chi connectivity index (χ1) is 6.31. The molecule has 0 bridgehead atoms. The fourth-order valence-corrected chi connectivity index (χ4v) is 2.49. The first kappa shape index (κ1) is 9.53. The van der Waals surface area contributed by atoms with Gasteiger partial charge in [0, 0.05) is 5.33 Å². The van der Waals surface area contributed by atoms with Crippen molar-refractivity contribution in [1.29, 1.82) is 0 Å². The van der Waals surface area contributed by atoms with Crippen LogP contribution in [0.15, 0.2) is 22.7 Å². The van der Waals surface area contributed by atoms with Crippen molar-refractivity contribution in [3.63, 3.8) is 0 Å². The lowest BCUT2D eigenvalue weighted by Gasteiger charge is -2.25. The summed E-state index contributed by atoms with van der Waals surface area (Å²) >= 11 is 6.95. The summed E-state index contributed by atoms with van der Waals surface area (Å²) in [6.07, 6.45) is 2.55. The summed E-state index contributed by atoms with van der Waals surface area (Å²) in [6, 6.07) is 6.21. The summed E-state index contributed by atoms with van der Waals surface area (Å²) in [5, 5.41) is 0.910. The van der Waals surface area contributed by atoms with Crippen LogP contribution in [0.25, 0.3) is 0 Å². The molecule has 2 rings (SSSR count). The van der Waals surface area contributed by atoms with Crippen molar-refractivity contribution < 1.29 is 4.74 Å². The van der Waals surface area contributed by atoms with Crippen molar-refractivity contribution in [1.82, 2.24) is 0 Å². The smallest absolute Gasteiger partial charge is 0.137 e. The number of ether oxygens (including phenoxy) is 1. The van der Waals surface area contributed by atoms with Gasteiger partial charge in [-0.2, -0.15) is 0 Å². The second-order valence-electron chi connectivity index (χ2n) is 3.16. The summed E-state index contributed by atoms with van der Waals surface area (Å²) in [5.74, 6) is 1.03. The van der Waals surface area contributed by atoms with Gasteiger partial charge in [-0.3, -0.25) is 0 Å². The highest BCUT2D eigenvalue weighted by Crippen LogP contribution is 2.34. The molecule has 1 nitrogen and oxygen atoms in total. The van der Waals surface area contributed by atoms with Crippen LogP contribution in [0.4, 0.5) is 0 Å². The predicted octanol–water partition coefficient (Wildman–Crippen LogP) is 3.54. The molecule has 0 amide bonds. The molecule has 1 aliphatic rings. The van der Waals surface area contributed by atoms with Gasteiger partial charge < -0.3 is 4.74 Å². The molecule has 3 heteroatoms. The number of fused-ring (bicyclic) bond motifs is 1. The molecule has 0 aromatic heterocycles. The van der Waals surface area contributed by atoms with E-state index in [1.54, 1.807) is 0 Å². The van der Waals surface area contributed by atoms with E-state index < -0.39 is 0 Å². The lowest BCUT2D eigenvalue weighted by molar-refractivity contribution is 0.196. The molecule has 0 spiro atoms. The second kappa shape index (κ2) is 4.01. The maximum atomic E-state index is 5.82. The lowest BCUT2D eigenvalue weighted by atomic mass is 10.0. The first-order valence-corrected chi connectivity index (χ1v) is 6.22. The van der Waals surface area contributed by atoms with Crippen molar-refractivity contribution in [3.05, 3.63) is 28.2 Å². The molecular formula is C10H10Br2O. The van der Waals surface area contributed by atoms with Crippen LogP contribution >= 0.6 is 31.9 Å². The summed E-state index contributed by atoms with van der Waals surface area (Å²) in [4.78, 5) is 0. The molecule has 1 atom stereocenters. The van der Waals surface area contributed by atoms with Crippen molar-refractivity contribution in [2.24, 2.45) is 0 Å². The predicted molar refractivity (Wildman–Crippen MR) is 60.7 cm³/mol. The van der Waals surface area contributed by atoms with Crippen molar-refractivity contribution in [3.8, 4) is 5.75 Å². The van der Waals surface area contributed by atoms with Crippen molar-refractivity contribution >= 4 is 31.9 Å². The summed E-state index contributed by atoms with van der Waals surface area (Å²) in [6.45, 7) is 0. The van der Waals surface area contributed by atoms with Crippen LogP contribution in [0.3, 0.4) is 0 Å². The van der Waals surface area contributed by atoms with Gasteiger partial charge >= 0.3 is 0 Å². The monoisotopic (exact) mass is 304 g/mol. The van der Waals surface area contributed by atoms with E-state index in [1.165, 1.54) is 5.56 Å². The van der Waals surface area contributed by atoms with E-state index >= 15 is 0 Å². The van der Waals surface area contributed by atoms with E-state index in [-0.39, 0.29) is 0 Å². The minimum absolute atomic E-state index is 0.325. The van der Waals surface area contributed by atoms with E-state index in [0.717, 1.165) is 28.4 Å². The SMILES string of the molecule is BrCC1CCc2cccc(Br)c2O1. The molecule has 0 saturated heterocycles. The third-order valence-electron chi connectivity index (χ3n) is 2.24. The quantitative estimate of drug-likeness (QED) is 0.721. The largest absolute Gasteiger partial charge is 0.488 e. The molecule has 13 heavy (non-hydrogen) atoms. The summed E-state index contributed by atoms with van der Waals surface area (Å²) in [7, 11) is 0. The lowest BCUT2D eigenvalue weighted by Crippen LogP contribution is -2.24. The average Bonchev–Trinajstić information content (AvgIpc) is 2.18. The third-order valence-corrected chi connectivity index (χ3v) is 3.59. The Balaban J connectivity index is 2.32. The summed E-state index contributed by atoms with van der Waals surface area (Å²) < 4.78 is 6.88. The number of hydrogen-bond acceptors (Lipinski definition) is 1. The standard InChI is InChI=1S/C10H10Br2O/c11-6-8-5-4-7-2-1-3-9(12)10(7)13-8/h1-3,8H,4-6H2. The topological polar surface area (TPSA) is 9.23 Å². The molecule has 1 aliphatic heterocycles. The van der Waals surface area contributed by atoms with Crippen molar-refractivity contribution in [2.75, 3.05) is 5.33 Å². The maximum Gasteiger partial charge on any atom is 0.137 e. The number of para-hydroxylation sites is 1. The molecule has 1 heterocycles. The number of aryl methyl sites for hydroxylation is 1. The van der Waals surface area contributed by atoms with Gasteiger partial charge in [0.25, 0.3) is 0 Å². The Morgan fingerprint density at radius 1 is 1.46 bits per heavy atom. The van der Waals surface area contributed by atoms with E-state index in [2.05, 4.69) is 44.0 Å². The van der Waals surface area contributed by atoms with E-state index in [1.807, 2.05) is 6.07 Å². The molecule has 1 aromatic rings. The first-order valence-electron chi connectivity index (χ1n) is 4.31. The number of rotatable bonds is 1. The molecule has 0 fully saturated rings. The zero-order valence-electron chi connectivity index (χ0n) is 7.09. The van der Waals surface area contributed by atoms with Gasteiger partial charge in [-0.15, -0.1) is 0 Å². The van der Waals surface area contributed by atoms with E-state index in [4.69, 9.17) is 4.74 Å². The van der Waals surface area contributed by atoms with Crippen LogP contribution in [0.2, 0.25) is 0 Å². The fraction of sp³-hybridized carbons (Fsp3) is 0.400. The van der Waals surface area contributed by atoms with Crippen LogP contribution in [0.5, 0.6) is 5.75 Å². The van der Waals surface area contributed by atoms with Crippen molar-refractivity contribution in [2.45, 2.75) is 18.9 Å². The molecule has 0 saturated carbocycles. The number of halogens is 2. The van der Waals surface area contributed by atoms with E-state index in [9.17, 15) is 0 Å². The zero-order valence-corrected chi connectivity index (χ0v) is 10.3. The summed E-state index contributed by atoms with van der Waals surface area (Å²) in [5.41, 5.74) is 1.31. The molecule has 1 aromatic carbocycles. The normalized spacial score (nSPS) is 20.6. The molecule has 70 valence electrons. The van der Waals surface area contributed by atoms with E-state index in [0.29, 0.717) is 6.10 Å². The fourth-order valence-electron chi connectivity index (χ4n) is 1.53. The van der Waals surface area contributed by atoms with Gasteiger partial charge in [-0.25, -0.2) is 0 Å². The zero-order chi connectivity index (χ0) is 9.26. The highest BCUT2D eigenvalue weighted by molar-refractivity contribution is 9.10. The highest BCUT2D eigenvalue weighted by Gasteiger charge is 2.20. The van der Waals surface area contributed by atoms with Gasteiger partial charge in [-0.05, 0) is 40.4 Å². The van der Waals surface area contributed by atoms with Crippen LogP contribution in [-0.4, -0.2) is 11.4 Å². The Bertz CT molecular complexity index is 312. The van der Waals surface area contributed by atoms with Crippen LogP contribution in [0.1, 0.15) is 12.0 Å². The Morgan fingerprint density at radius 2 is 2.31 bits per heavy atom. The Hall–Kier alpha value is -0.0200. The number of benzene rings is 1. The Kier molecular flexibility index (Phi) is 2.94. The molecule has 0 N–H and O–H groups in total. The van der Waals surface area contributed by atoms with Crippen LogP contribution < -0.4 is 4.74 Å². The number of hydrogen-bond donors (Lipinski definition) is 0. The Morgan fingerprint density at radius 3 is 3.08 bits per heavy atom.